The third-order valence-electron chi connectivity index (χ3n) is 0. The molecule has 0 fully saturated rings. The quantitative estimate of drug-likeness (QED) is 0.433. The van der Waals surface area contributed by atoms with Crippen LogP contribution in [0.3, 0.4) is 0 Å². The molecule has 0 atom stereocenters. The molecule has 0 unspecified atom stereocenters. The Morgan fingerprint density at radius 1 is 1.25 bits per heavy atom. The van der Waals surface area contributed by atoms with E-state index in [4.69, 9.17) is 8.38 Å². The van der Waals surface area contributed by atoms with E-state index in [-0.39, 0.29) is 17.1 Å². The minimum atomic E-state index is -0.750. The van der Waals surface area contributed by atoms with E-state index < -0.39 is 15.6 Å². The molecule has 0 aromatic heterocycles. The van der Waals surface area contributed by atoms with Gasteiger partial charge in [0.1, 0.15) is 0 Å². The van der Waals surface area contributed by atoms with E-state index in [0.29, 0.717) is 0 Å². The zero-order valence-electron chi connectivity index (χ0n) is 1.55. The van der Waals surface area contributed by atoms with Crippen LogP contribution in [-0.4, -0.2) is 8.38 Å². The Morgan fingerprint density at radius 2 is 1.25 bits per heavy atom. The molecule has 1 radical (unpaired) electrons. The molecular formula is H2CuFeO2. The molecular weight excluding hydrogens is 151 g/mol. The van der Waals surface area contributed by atoms with Gasteiger partial charge in [-0.2, -0.15) is 0 Å². The molecule has 4 heavy (non-hydrogen) atoms. The minimum absolute atomic E-state index is 0. The predicted octanol–water partition coefficient (Wildman–Crippen LogP) is -1.12. The van der Waals surface area contributed by atoms with Crippen LogP contribution < -0.4 is 0 Å². The van der Waals surface area contributed by atoms with Crippen LogP contribution >= 0.6 is 0 Å². The van der Waals surface area contributed by atoms with Gasteiger partial charge >= 0.3 is 24.0 Å². The van der Waals surface area contributed by atoms with E-state index in [9.17, 15) is 0 Å². The molecule has 0 aromatic rings. The van der Waals surface area contributed by atoms with Gasteiger partial charge in [-0.05, 0) is 0 Å². The van der Waals surface area contributed by atoms with Crippen LogP contribution in [0.1, 0.15) is 0 Å². The van der Waals surface area contributed by atoms with Gasteiger partial charge in [-0.25, -0.2) is 0 Å². The molecule has 0 aliphatic rings. The second-order valence-electron chi connectivity index (χ2n) is 0.0707. The number of hydrogen-bond donors (Lipinski definition) is 2. The second kappa shape index (κ2) is 9.03. The van der Waals surface area contributed by atoms with Crippen molar-refractivity contribution in [1.82, 2.24) is 0 Å². The van der Waals surface area contributed by atoms with Crippen LogP contribution in [0, 0.1) is 0 Å². The maximum absolute atomic E-state index is 7.12. The van der Waals surface area contributed by atoms with Crippen LogP contribution in [0.2, 0.25) is 0 Å². The van der Waals surface area contributed by atoms with E-state index >= 15 is 0 Å². The van der Waals surface area contributed by atoms with Gasteiger partial charge in [0, 0.05) is 17.1 Å². The maximum atomic E-state index is 7.12. The van der Waals surface area contributed by atoms with Gasteiger partial charge in [-0.3, -0.25) is 0 Å². The van der Waals surface area contributed by atoms with E-state index in [1.165, 1.54) is 0 Å². The van der Waals surface area contributed by atoms with Crippen molar-refractivity contribution in [2.45, 2.75) is 0 Å². The Balaban J connectivity index is 0. The van der Waals surface area contributed by atoms with Crippen molar-refractivity contribution in [2.75, 3.05) is 0 Å². The third kappa shape index (κ3) is 12.3. The molecule has 0 aromatic carbocycles. The summed E-state index contributed by atoms with van der Waals surface area (Å²) in [5.74, 6) is 0. The van der Waals surface area contributed by atoms with Crippen molar-refractivity contribution < 1.29 is 41.1 Å². The first-order valence-electron chi connectivity index (χ1n) is 0.316. The first-order chi connectivity index (χ1) is 1.41. The number of hydrogen-bond acceptors (Lipinski definition) is 2. The van der Waals surface area contributed by atoms with Gasteiger partial charge in [0.05, 0.1) is 0 Å². The number of rotatable bonds is 0. The molecule has 4 heteroatoms. The van der Waals surface area contributed by atoms with Crippen molar-refractivity contribution >= 4 is 0 Å². The van der Waals surface area contributed by atoms with Crippen molar-refractivity contribution in [3.05, 3.63) is 0 Å². The van der Waals surface area contributed by atoms with E-state index in [1.807, 2.05) is 0 Å². The molecule has 2 nitrogen and oxygen atoms in total. The SMILES string of the molecule is [Cu].[OH][Fe][OH]. The molecule has 33 valence electrons. The average molecular weight is 153 g/mol. The summed E-state index contributed by atoms with van der Waals surface area (Å²) in [5, 5.41) is 0. The van der Waals surface area contributed by atoms with Gasteiger partial charge in [0.2, 0.25) is 0 Å². The summed E-state index contributed by atoms with van der Waals surface area (Å²) in [4.78, 5) is 0. The summed E-state index contributed by atoms with van der Waals surface area (Å²) in [6.45, 7) is 0. The van der Waals surface area contributed by atoms with Crippen molar-refractivity contribution in [3.8, 4) is 0 Å². The summed E-state index contributed by atoms with van der Waals surface area (Å²) >= 11 is -0.750. The third-order valence-corrected chi connectivity index (χ3v) is 0. The Hall–Kier alpha value is 0.959. The summed E-state index contributed by atoms with van der Waals surface area (Å²) in [6.07, 6.45) is 0. The second-order valence-corrected chi connectivity index (χ2v) is 0.292. The Labute approximate surface area is 41.5 Å². The summed E-state index contributed by atoms with van der Waals surface area (Å²) < 4.78 is 14.2. The van der Waals surface area contributed by atoms with Gasteiger partial charge in [-0.1, -0.05) is 0 Å². The van der Waals surface area contributed by atoms with Crippen LogP contribution in [0.25, 0.3) is 0 Å². The van der Waals surface area contributed by atoms with Crippen LogP contribution in [0.4, 0.5) is 0 Å². The molecule has 0 amide bonds. The van der Waals surface area contributed by atoms with Gasteiger partial charge in [0.15, 0.2) is 0 Å². The summed E-state index contributed by atoms with van der Waals surface area (Å²) in [5.41, 5.74) is 0. The first-order valence-corrected chi connectivity index (χ1v) is 1.30. The molecule has 0 rings (SSSR count). The topological polar surface area (TPSA) is 40.5 Å². The van der Waals surface area contributed by atoms with Crippen LogP contribution in [0.15, 0.2) is 0 Å². The van der Waals surface area contributed by atoms with E-state index in [0.717, 1.165) is 0 Å². The first kappa shape index (κ1) is 8.88. The van der Waals surface area contributed by atoms with Crippen LogP contribution in [0.5, 0.6) is 0 Å². The molecule has 0 saturated heterocycles. The molecule has 0 saturated carbocycles. The summed E-state index contributed by atoms with van der Waals surface area (Å²) in [7, 11) is 0. The van der Waals surface area contributed by atoms with Crippen LogP contribution in [-0.2, 0) is 32.7 Å². The predicted molar refractivity (Wildman–Crippen MR) is 4.44 cm³/mol. The standard InChI is InChI=1S/Cu.Fe.2H2O/h;;2*1H2/q;+2;;/p-2. The Kier molecular flexibility index (Phi) is 20.0. The zero-order chi connectivity index (χ0) is 2.71. The van der Waals surface area contributed by atoms with Crippen molar-refractivity contribution in [2.24, 2.45) is 0 Å². The molecule has 0 spiro atoms. The monoisotopic (exact) mass is 153 g/mol. The van der Waals surface area contributed by atoms with Gasteiger partial charge < -0.3 is 0 Å². The Morgan fingerprint density at radius 3 is 1.25 bits per heavy atom. The fourth-order valence-corrected chi connectivity index (χ4v) is 0. The molecule has 0 bridgehead atoms. The van der Waals surface area contributed by atoms with Gasteiger partial charge in [0.25, 0.3) is 0 Å². The molecule has 2 N–H and O–H groups in total. The van der Waals surface area contributed by atoms with Gasteiger partial charge in [-0.15, -0.1) is 0 Å². The van der Waals surface area contributed by atoms with E-state index in [1.54, 1.807) is 0 Å². The molecule has 0 aliphatic heterocycles. The van der Waals surface area contributed by atoms with E-state index in [2.05, 4.69) is 0 Å². The fraction of sp³-hybridized carbons (Fsp3) is 0. The zero-order valence-corrected chi connectivity index (χ0v) is 3.60. The van der Waals surface area contributed by atoms with Crippen molar-refractivity contribution in [3.63, 3.8) is 0 Å². The molecule has 0 aliphatic carbocycles. The normalized spacial score (nSPS) is 5.50. The average Bonchev–Trinajstić information content (AvgIpc) is 0.918. The van der Waals surface area contributed by atoms with Crippen molar-refractivity contribution in [1.29, 1.82) is 0 Å². The summed E-state index contributed by atoms with van der Waals surface area (Å²) in [6, 6.07) is 0. The Bertz CT molecular complexity index is 6.00. The fourth-order valence-electron chi connectivity index (χ4n) is 0. The molecule has 0 heterocycles.